The molecule has 0 aliphatic heterocycles. The average Bonchev–Trinajstić information content (AvgIpc) is 2.97. The molecule has 116 valence electrons. The first kappa shape index (κ1) is 16.0. The van der Waals surface area contributed by atoms with Gasteiger partial charge in [-0.1, -0.05) is 57.0 Å². The van der Waals surface area contributed by atoms with Crippen LogP contribution in [-0.4, -0.2) is 28.6 Å². The molecule has 1 fully saturated rings. The van der Waals surface area contributed by atoms with Gasteiger partial charge in [0, 0.05) is 12.1 Å². The molecule has 0 aromatic heterocycles. The maximum Gasteiger partial charge on any atom is 0.317 e. The second-order valence-corrected chi connectivity index (χ2v) is 6.56. The van der Waals surface area contributed by atoms with Crippen LogP contribution in [0.4, 0.5) is 0 Å². The van der Waals surface area contributed by atoms with Crippen LogP contribution in [0.3, 0.4) is 0 Å². The summed E-state index contributed by atoms with van der Waals surface area (Å²) in [7, 11) is 0. The highest BCUT2D eigenvalue weighted by Crippen LogP contribution is 2.34. The number of benzene rings is 1. The summed E-state index contributed by atoms with van der Waals surface area (Å²) in [5.74, 6) is -0.167. The minimum atomic E-state index is -0.716. The maximum absolute atomic E-state index is 11.3. The van der Waals surface area contributed by atoms with Crippen molar-refractivity contribution in [2.24, 2.45) is 5.92 Å². The zero-order valence-electron chi connectivity index (χ0n) is 13.2. The van der Waals surface area contributed by atoms with Gasteiger partial charge in [-0.05, 0) is 30.7 Å². The molecule has 0 spiro atoms. The Morgan fingerprint density at radius 2 is 1.86 bits per heavy atom. The fourth-order valence-corrected chi connectivity index (χ4v) is 3.47. The Hall–Kier alpha value is -1.35. The second kappa shape index (κ2) is 7.60. The number of carboxylic acid groups (broad SMARTS) is 1. The SMILES string of the molecule is CC(C)CC(c1ccccc1)N(CC(=O)O)C1CCCC1. The second-order valence-electron chi connectivity index (χ2n) is 6.56. The molecule has 0 radical (unpaired) electrons. The lowest BCUT2D eigenvalue weighted by atomic mass is 9.94. The molecule has 3 heteroatoms. The zero-order chi connectivity index (χ0) is 15.2. The van der Waals surface area contributed by atoms with Gasteiger partial charge < -0.3 is 5.11 Å². The van der Waals surface area contributed by atoms with E-state index in [1.807, 2.05) is 6.07 Å². The Morgan fingerprint density at radius 1 is 1.24 bits per heavy atom. The quantitative estimate of drug-likeness (QED) is 0.821. The van der Waals surface area contributed by atoms with E-state index in [-0.39, 0.29) is 12.6 Å². The minimum Gasteiger partial charge on any atom is -0.480 e. The van der Waals surface area contributed by atoms with Gasteiger partial charge in [-0.2, -0.15) is 0 Å². The number of hydrogen-bond acceptors (Lipinski definition) is 2. The molecule has 1 atom stereocenters. The number of nitrogens with zero attached hydrogens (tertiary/aromatic N) is 1. The highest BCUT2D eigenvalue weighted by atomic mass is 16.4. The Balaban J connectivity index is 2.26. The van der Waals surface area contributed by atoms with Crippen molar-refractivity contribution in [3.05, 3.63) is 35.9 Å². The standard InChI is InChI=1S/C18H27NO2/c1-14(2)12-17(15-8-4-3-5-9-15)19(13-18(20)21)16-10-6-7-11-16/h3-5,8-9,14,16-17H,6-7,10-13H2,1-2H3,(H,20,21). The average molecular weight is 289 g/mol. The Bertz CT molecular complexity index is 438. The summed E-state index contributed by atoms with van der Waals surface area (Å²) in [4.78, 5) is 13.6. The number of hydrogen-bond donors (Lipinski definition) is 1. The van der Waals surface area contributed by atoms with Crippen LogP contribution in [-0.2, 0) is 4.79 Å². The molecule has 1 saturated carbocycles. The summed E-state index contributed by atoms with van der Waals surface area (Å²) in [5, 5.41) is 9.33. The molecule has 0 bridgehead atoms. The van der Waals surface area contributed by atoms with Gasteiger partial charge >= 0.3 is 5.97 Å². The van der Waals surface area contributed by atoms with E-state index in [1.165, 1.54) is 18.4 Å². The first-order valence-corrected chi connectivity index (χ1v) is 8.10. The van der Waals surface area contributed by atoms with E-state index in [0.29, 0.717) is 12.0 Å². The summed E-state index contributed by atoms with van der Waals surface area (Å²) in [6.07, 6.45) is 5.73. The molecule has 21 heavy (non-hydrogen) atoms. The highest BCUT2D eigenvalue weighted by Gasteiger charge is 2.31. The van der Waals surface area contributed by atoms with E-state index >= 15 is 0 Å². The van der Waals surface area contributed by atoms with Crippen molar-refractivity contribution in [2.75, 3.05) is 6.54 Å². The van der Waals surface area contributed by atoms with E-state index in [4.69, 9.17) is 0 Å². The van der Waals surface area contributed by atoms with E-state index in [0.717, 1.165) is 19.3 Å². The molecule has 0 saturated heterocycles. The van der Waals surface area contributed by atoms with Crippen LogP contribution in [0.2, 0.25) is 0 Å². The van der Waals surface area contributed by atoms with Crippen LogP contribution in [0.15, 0.2) is 30.3 Å². The molecule has 1 N–H and O–H groups in total. The molecule has 0 amide bonds. The van der Waals surface area contributed by atoms with Crippen LogP contribution in [0, 0.1) is 5.92 Å². The molecule has 2 rings (SSSR count). The lowest BCUT2D eigenvalue weighted by Gasteiger charge is -2.36. The topological polar surface area (TPSA) is 40.5 Å². The van der Waals surface area contributed by atoms with Crippen molar-refractivity contribution in [2.45, 2.75) is 58.0 Å². The van der Waals surface area contributed by atoms with E-state index in [1.54, 1.807) is 0 Å². The van der Waals surface area contributed by atoms with Gasteiger partial charge in [0.15, 0.2) is 0 Å². The predicted molar refractivity (Wildman–Crippen MR) is 85.2 cm³/mol. The van der Waals surface area contributed by atoms with Gasteiger partial charge in [-0.3, -0.25) is 9.69 Å². The van der Waals surface area contributed by atoms with Gasteiger partial charge in [0.2, 0.25) is 0 Å². The zero-order valence-corrected chi connectivity index (χ0v) is 13.2. The smallest absolute Gasteiger partial charge is 0.317 e. The highest BCUT2D eigenvalue weighted by molar-refractivity contribution is 5.69. The summed E-state index contributed by atoms with van der Waals surface area (Å²) >= 11 is 0. The Morgan fingerprint density at radius 3 is 2.38 bits per heavy atom. The van der Waals surface area contributed by atoms with Crippen molar-refractivity contribution >= 4 is 5.97 Å². The van der Waals surface area contributed by atoms with Gasteiger partial charge in [0.1, 0.15) is 0 Å². The molecule has 3 nitrogen and oxygen atoms in total. The number of aliphatic carboxylic acids is 1. The number of carboxylic acids is 1. The van der Waals surface area contributed by atoms with Crippen LogP contribution in [0.25, 0.3) is 0 Å². The van der Waals surface area contributed by atoms with Crippen LogP contribution >= 0.6 is 0 Å². The molecule has 1 aliphatic rings. The van der Waals surface area contributed by atoms with Gasteiger partial charge in [0.25, 0.3) is 0 Å². The van der Waals surface area contributed by atoms with E-state index < -0.39 is 5.97 Å². The molecule has 1 unspecified atom stereocenters. The van der Waals surface area contributed by atoms with Crippen molar-refractivity contribution < 1.29 is 9.90 Å². The number of carbonyl (C=O) groups is 1. The van der Waals surface area contributed by atoms with Gasteiger partial charge in [-0.25, -0.2) is 0 Å². The van der Waals surface area contributed by atoms with Gasteiger partial charge in [0.05, 0.1) is 6.54 Å². The van der Waals surface area contributed by atoms with Crippen molar-refractivity contribution in [1.82, 2.24) is 4.90 Å². The lowest BCUT2D eigenvalue weighted by molar-refractivity contribution is -0.139. The predicted octanol–water partition coefficient (Wildman–Crippen LogP) is 4.10. The molecule has 1 aromatic carbocycles. The fraction of sp³-hybridized carbons (Fsp3) is 0.611. The summed E-state index contributed by atoms with van der Waals surface area (Å²) in [6.45, 7) is 4.57. The third-order valence-electron chi connectivity index (χ3n) is 4.39. The molecular formula is C18H27NO2. The first-order valence-electron chi connectivity index (χ1n) is 8.10. The Kier molecular flexibility index (Phi) is 5.80. The summed E-state index contributed by atoms with van der Waals surface area (Å²) in [5.41, 5.74) is 1.25. The minimum absolute atomic E-state index is 0.150. The molecule has 1 aliphatic carbocycles. The number of rotatable bonds is 7. The van der Waals surface area contributed by atoms with Gasteiger partial charge in [-0.15, -0.1) is 0 Å². The normalized spacial score (nSPS) is 17.5. The third kappa shape index (κ3) is 4.57. The Labute approximate surface area is 128 Å². The van der Waals surface area contributed by atoms with Crippen molar-refractivity contribution in [1.29, 1.82) is 0 Å². The molecular weight excluding hydrogens is 262 g/mol. The van der Waals surface area contributed by atoms with Crippen LogP contribution in [0.5, 0.6) is 0 Å². The molecule has 0 heterocycles. The fourth-order valence-electron chi connectivity index (χ4n) is 3.47. The first-order chi connectivity index (χ1) is 10.1. The van der Waals surface area contributed by atoms with E-state index in [2.05, 4.69) is 43.0 Å². The largest absolute Gasteiger partial charge is 0.480 e. The summed E-state index contributed by atoms with van der Waals surface area (Å²) in [6, 6.07) is 11.0. The van der Waals surface area contributed by atoms with Crippen LogP contribution < -0.4 is 0 Å². The third-order valence-corrected chi connectivity index (χ3v) is 4.39. The summed E-state index contributed by atoms with van der Waals surface area (Å²) < 4.78 is 0. The van der Waals surface area contributed by atoms with Crippen LogP contribution in [0.1, 0.15) is 57.6 Å². The molecule has 1 aromatic rings. The lowest BCUT2D eigenvalue weighted by Crippen LogP contribution is -2.41. The monoisotopic (exact) mass is 289 g/mol. The van der Waals surface area contributed by atoms with E-state index in [9.17, 15) is 9.90 Å². The maximum atomic E-state index is 11.3. The van der Waals surface area contributed by atoms with Crippen molar-refractivity contribution in [3.63, 3.8) is 0 Å². The van der Waals surface area contributed by atoms with Crippen molar-refractivity contribution in [3.8, 4) is 0 Å².